The Bertz CT molecular complexity index is 1080. The van der Waals surface area contributed by atoms with E-state index in [-0.39, 0.29) is 25.2 Å². The van der Waals surface area contributed by atoms with E-state index in [1.54, 1.807) is 19.9 Å². The molecule has 0 aliphatic rings. The molecule has 0 spiro atoms. The summed E-state index contributed by atoms with van der Waals surface area (Å²) in [6, 6.07) is 23.1. The van der Waals surface area contributed by atoms with Crippen molar-refractivity contribution in [3.63, 3.8) is 0 Å². The van der Waals surface area contributed by atoms with Gasteiger partial charge in [0.1, 0.15) is 6.61 Å². The zero-order valence-electron chi connectivity index (χ0n) is 17.3. The largest absolute Gasteiger partial charge is 0.465 e. The number of ether oxygens (including phenoxy) is 1. The van der Waals surface area contributed by atoms with Crippen LogP contribution in [0.5, 0.6) is 0 Å². The molecule has 3 aromatic carbocycles. The molecule has 2 unspecified atom stereocenters. The minimum Gasteiger partial charge on any atom is -0.465 e. The second-order valence-corrected chi connectivity index (χ2v) is 9.45. The van der Waals surface area contributed by atoms with E-state index in [0.29, 0.717) is 5.31 Å². The van der Waals surface area contributed by atoms with Gasteiger partial charge in [-0.05, 0) is 28.8 Å². The van der Waals surface area contributed by atoms with Gasteiger partial charge in [0, 0.05) is 17.7 Å². The van der Waals surface area contributed by atoms with Gasteiger partial charge in [-0.1, -0.05) is 85.8 Å². The maximum atomic E-state index is 13.5. The zero-order chi connectivity index (χ0) is 21.6. The molecule has 3 rings (SSSR count). The molecule has 0 fully saturated rings. The fourth-order valence-electron chi connectivity index (χ4n) is 3.74. The molecule has 0 heterocycles. The summed E-state index contributed by atoms with van der Waals surface area (Å²) < 4.78 is 19.0. The van der Waals surface area contributed by atoms with E-state index in [4.69, 9.17) is 4.74 Å². The van der Waals surface area contributed by atoms with Gasteiger partial charge in [0.25, 0.3) is 0 Å². The minimum atomic E-state index is -3.72. The van der Waals surface area contributed by atoms with Crippen LogP contribution in [0.4, 0.5) is 0 Å². The van der Waals surface area contributed by atoms with Gasteiger partial charge in [0.05, 0.1) is 6.16 Å². The molecule has 1 N–H and O–H groups in total. The van der Waals surface area contributed by atoms with Crippen LogP contribution in [0, 0.1) is 0 Å². The first-order valence-electron chi connectivity index (χ1n) is 10.1. The Hall–Kier alpha value is -2.68. The lowest BCUT2D eigenvalue weighted by molar-refractivity contribution is -0.143. The Balaban J connectivity index is 2.05. The molecule has 0 amide bonds. The number of fused-ring (bicyclic) bond motifs is 1. The third-order valence-corrected chi connectivity index (χ3v) is 7.36. The molecular weight excluding hydrogens is 395 g/mol. The lowest BCUT2D eigenvalue weighted by atomic mass is 9.93. The second-order valence-electron chi connectivity index (χ2n) is 7.22. The summed E-state index contributed by atoms with van der Waals surface area (Å²) in [7, 11) is -3.72. The van der Waals surface area contributed by atoms with Crippen molar-refractivity contribution in [2.24, 2.45) is 0 Å². The molecule has 0 aromatic heterocycles. The van der Waals surface area contributed by atoms with E-state index in [9.17, 15) is 14.3 Å². The van der Waals surface area contributed by atoms with Crippen LogP contribution in [-0.4, -0.2) is 17.5 Å². The maximum absolute atomic E-state index is 13.5. The number of allylic oxidation sites excluding steroid dienone is 1. The number of benzene rings is 3. The number of carbonyl (C=O) groups is 1. The summed E-state index contributed by atoms with van der Waals surface area (Å²) in [4.78, 5) is 23.0. The summed E-state index contributed by atoms with van der Waals surface area (Å²) in [5, 5.41) is 2.43. The first kappa shape index (κ1) is 22.0. The van der Waals surface area contributed by atoms with Crippen molar-refractivity contribution in [3.05, 3.63) is 95.3 Å². The van der Waals surface area contributed by atoms with E-state index >= 15 is 0 Å². The van der Waals surface area contributed by atoms with Crippen LogP contribution in [0.15, 0.2) is 84.2 Å². The highest BCUT2D eigenvalue weighted by atomic mass is 31.2. The fourth-order valence-corrected chi connectivity index (χ4v) is 5.73. The molecule has 2 atom stereocenters. The summed E-state index contributed by atoms with van der Waals surface area (Å²) in [5.41, 5.74) is 1.68. The number of carbonyl (C=O) groups excluding carboxylic acids is 1. The molecule has 0 saturated heterocycles. The number of hydrogen-bond donors (Lipinski definition) is 1. The van der Waals surface area contributed by atoms with Gasteiger partial charge in [0.2, 0.25) is 7.37 Å². The molecule has 0 radical (unpaired) electrons. The highest BCUT2D eigenvalue weighted by Crippen LogP contribution is 2.58. The highest BCUT2D eigenvalue weighted by molar-refractivity contribution is 7.61. The van der Waals surface area contributed by atoms with Crippen LogP contribution < -0.4 is 0 Å². The molecule has 3 aromatic rings. The van der Waals surface area contributed by atoms with E-state index in [2.05, 4.69) is 0 Å². The van der Waals surface area contributed by atoms with Crippen molar-refractivity contribution in [2.45, 2.75) is 32.3 Å². The van der Waals surface area contributed by atoms with Crippen LogP contribution in [0.2, 0.25) is 0 Å². The Morgan fingerprint density at radius 1 is 1.03 bits per heavy atom. The highest BCUT2D eigenvalue weighted by Gasteiger charge is 2.33. The van der Waals surface area contributed by atoms with Crippen LogP contribution in [0.25, 0.3) is 10.8 Å². The van der Waals surface area contributed by atoms with Crippen molar-refractivity contribution in [1.82, 2.24) is 0 Å². The lowest BCUT2D eigenvalue weighted by Gasteiger charge is -2.26. The topological polar surface area (TPSA) is 63.6 Å². The van der Waals surface area contributed by atoms with Crippen LogP contribution in [0.1, 0.15) is 37.3 Å². The SMILES string of the molecule is CC=C(C(COC(=O)CC)c1cccc2ccccc12)P(=O)(O)Cc1ccccc1. The van der Waals surface area contributed by atoms with Gasteiger partial charge in [-0.2, -0.15) is 0 Å². The number of hydrogen-bond acceptors (Lipinski definition) is 3. The smallest absolute Gasteiger partial charge is 0.305 e. The molecule has 0 aliphatic carbocycles. The Labute approximate surface area is 177 Å². The Kier molecular flexibility index (Phi) is 7.25. The van der Waals surface area contributed by atoms with E-state index in [0.717, 1.165) is 21.9 Å². The summed E-state index contributed by atoms with van der Waals surface area (Å²) in [5.74, 6) is -0.831. The van der Waals surface area contributed by atoms with Crippen molar-refractivity contribution in [3.8, 4) is 0 Å². The standard InChI is InChI=1S/C25H27O4P/c1-3-24(30(27,28)18-19-11-6-5-7-12-19)23(17-29-25(26)4-2)22-16-10-14-20-13-8-9-15-21(20)22/h3,5-16,23H,4,17-18H2,1-2H3,(H,27,28). The Morgan fingerprint density at radius 2 is 1.70 bits per heavy atom. The zero-order valence-corrected chi connectivity index (χ0v) is 18.2. The number of rotatable bonds is 8. The van der Waals surface area contributed by atoms with E-state index < -0.39 is 13.3 Å². The average molecular weight is 422 g/mol. The first-order chi connectivity index (χ1) is 14.5. The van der Waals surface area contributed by atoms with Crippen molar-refractivity contribution < 1.29 is 19.0 Å². The van der Waals surface area contributed by atoms with E-state index in [1.165, 1.54) is 0 Å². The van der Waals surface area contributed by atoms with Gasteiger partial charge in [0.15, 0.2) is 0 Å². The minimum absolute atomic E-state index is 0.0275. The summed E-state index contributed by atoms with van der Waals surface area (Å²) in [6.07, 6.45) is 2.00. The van der Waals surface area contributed by atoms with Gasteiger partial charge in [-0.3, -0.25) is 9.36 Å². The molecule has 0 aliphatic heterocycles. The van der Waals surface area contributed by atoms with E-state index in [1.807, 2.05) is 72.8 Å². The molecule has 4 nitrogen and oxygen atoms in total. The normalized spacial score (nSPS) is 14.8. The van der Waals surface area contributed by atoms with Crippen molar-refractivity contribution >= 4 is 24.1 Å². The Morgan fingerprint density at radius 3 is 2.40 bits per heavy atom. The van der Waals surface area contributed by atoms with Gasteiger partial charge in [-0.25, -0.2) is 0 Å². The number of esters is 1. The predicted octanol–water partition coefficient (Wildman–Crippen LogP) is 6.25. The van der Waals surface area contributed by atoms with Crippen molar-refractivity contribution in [1.29, 1.82) is 0 Å². The maximum Gasteiger partial charge on any atom is 0.305 e. The third-order valence-electron chi connectivity index (χ3n) is 5.19. The van der Waals surface area contributed by atoms with Gasteiger partial charge >= 0.3 is 5.97 Å². The molecule has 156 valence electrons. The molecule has 0 saturated carbocycles. The van der Waals surface area contributed by atoms with Crippen LogP contribution in [-0.2, 0) is 20.3 Å². The van der Waals surface area contributed by atoms with Gasteiger partial charge in [-0.15, -0.1) is 0 Å². The van der Waals surface area contributed by atoms with Crippen LogP contribution in [0.3, 0.4) is 0 Å². The molecule has 5 heteroatoms. The lowest BCUT2D eigenvalue weighted by Crippen LogP contribution is -2.15. The summed E-state index contributed by atoms with van der Waals surface area (Å²) >= 11 is 0. The monoisotopic (exact) mass is 422 g/mol. The summed E-state index contributed by atoms with van der Waals surface area (Å²) in [6.45, 7) is 3.53. The molecule has 0 bridgehead atoms. The third kappa shape index (κ3) is 5.08. The van der Waals surface area contributed by atoms with Crippen LogP contribution >= 0.6 is 7.37 Å². The second kappa shape index (κ2) is 9.88. The predicted molar refractivity (Wildman–Crippen MR) is 122 cm³/mol. The quantitative estimate of drug-likeness (QED) is 0.344. The molecular formula is C25H27O4P. The first-order valence-corrected chi connectivity index (χ1v) is 12.0. The fraction of sp³-hybridized carbons (Fsp3) is 0.240. The van der Waals surface area contributed by atoms with Gasteiger partial charge < -0.3 is 9.63 Å². The van der Waals surface area contributed by atoms with Crippen molar-refractivity contribution in [2.75, 3.05) is 6.61 Å². The average Bonchev–Trinajstić information content (AvgIpc) is 2.76. The molecule has 30 heavy (non-hydrogen) atoms.